The van der Waals surface area contributed by atoms with Crippen molar-refractivity contribution in [3.63, 3.8) is 0 Å². The quantitative estimate of drug-likeness (QED) is 0.103. The van der Waals surface area contributed by atoms with E-state index in [0.717, 1.165) is 59.0 Å². The number of benzene rings is 2. The summed E-state index contributed by atoms with van der Waals surface area (Å²) in [6.45, 7) is 2.97. The van der Waals surface area contributed by atoms with Gasteiger partial charge in [0, 0.05) is 37.6 Å². The highest BCUT2D eigenvalue weighted by Gasteiger charge is 2.44. The Kier molecular flexibility index (Phi) is 14.5. The monoisotopic (exact) mass is 1010 g/mol. The summed E-state index contributed by atoms with van der Waals surface area (Å²) in [5, 5.41) is 8.75. The van der Waals surface area contributed by atoms with E-state index >= 15 is 0 Å². The van der Waals surface area contributed by atoms with Gasteiger partial charge >= 0.3 is 0 Å². The van der Waals surface area contributed by atoms with Crippen molar-refractivity contribution in [1.82, 2.24) is 25.1 Å². The fourth-order valence-corrected chi connectivity index (χ4v) is 10.2. The standard InChI is InChI=1S/C23H19ClN4O3S.C18H16ClN3O3S.C5H4BrN/c24-18-8-7-17(32-18)21(29)26-16-5-3-4-15-20(16)23(31)28(22(15)30)14-9-12-27(13-10-14)19-6-1-2-11-25-19;19-14-5-4-13(26-14)16(23)21-12-3-1-2-11-15(12)18(25)22(17(11)24)10-6-8-20-9-7-10;6-5-3-1-2-4-7-5/h1-8,11,14H,9-10,12-13H2,(H,26,29);1-5,10,20H,6-9H2,(H,21,23);1-4H. The van der Waals surface area contributed by atoms with Crippen LogP contribution in [-0.2, 0) is 0 Å². The third-order valence-electron chi connectivity index (χ3n) is 11.1. The van der Waals surface area contributed by atoms with E-state index in [-0.39, 0.29) is 58.7 Å². The Hall–Kier alpha value is -5.82. The summed E-state index contributed by atoms with van der Waals surface area (Å²) in [6, 6.07) is 27.6. The van der Waals surface area contributed by atoms with Gasteiger partial charge < -0.3 is 20.9 Å². The summed E-state index contributed by atoms with van der Waals surface area (Å²) in [5.74, 6) is -1.11. The van der Waals surface area contributed by atoms with Crippen LogP contribution in [0.4, 0.5) is 17.2 Å². The molecule has 65 heavy (non-hydrogen) atoms. The number of nitrogens with one attached hydrogen (secondary N) is 3. The molecule has 4 aromatic heterocycles. The molecule has 0 atom stereocenters. The van der Waals surface area contributed by atoms with Crippen LogP contribution in [0.15, 0.2) is 114 Å². The summed E-state index contributed by atoms with van der Waals surface area (Å²) in [5.41, 5.74) is 1.88. The lowest BCUT2D eigenvalue weighted by Crippen LogP contribution is -2.47. The van der Waals surface area contributed by atoms with Crippen LogP contribution < -0.4 is 20.9 Å². The molecule has 2 saturated heterocycles. The van der Waals surface area contributed by atoms with Crippen molar-refractivity contribution in [2.75, 3.05) is 41.7 Å². The molecule has 0 bridgehead atoms. The lowest BCUT2D eigenvalue weighted by molar-refractivity contribution is 0.0543. The number of halogens is 3. The minimum atomic E-state index is -0.363. The molecule has 332 valence electrons. The third-order valence-corrected chi connectivity index (χ3v) is 14.0. The molecule has 10 rings (SSSR count). The molecule has 0 spiro atoms. The van der Waals surface area contributed by atoms with Crippen molar-refractivity contribution in [3.8, 4) is 0 Å². The predicted molar refractivity (Wildman–Crippen MR) is 256 cm³/mol. The van der Waals surface area contributed by atoms with Crippen LogP contribution in [0.2, 0.25) is 8.67 Å². The minimum absolute atomic E-state index is 0.108. The van der Waals surface area contributed by atoms with E-state index in [4.69, 9.17) is 23.2 Å². The molecular formula is C46H39BrCl2N8O6S2. The normalized spacial score (nSPS) is 16.0. The number of pyridine rings is 2. The average molecular weight is 1010 g/mol. The van der Waals surface area contributed by atoms with Crippen molar-refractivity contribution in [1.29, 1.82) is 0 Å². The van der Waals surface area contributed by atoms with Crippen LogP contribution in [0.1, 0.15) is 86.5 Å². The largest absolute Gasteiger partial charge is 0.356 e. The second-order valence-corrected chi connectivity index (χ2v) is 19.3. The number of fused-ring (bicyclic) bond motifs is 2. The Balaban J connectivity index is 0.000000156. The molecule has 4 aliphatic heterocycles. The van der Waals surface area contributed by atoms with E-state index in [2.05, 4.69) is 46.7 Å². The molecule has 0 aliphatic carbocycles. The lowest BCUT2D eigenvalue weighted by Gasteiger charge is -2.36. The zero-order valence-corrected chi connectivity index (χ0v) is 39.1. The summed E-state index contributed by atoms with van der Waals surface area (Å²) < 4.78 is 1.90. The first-order chi connectivity index (χ1) is 31.5. The average Bonchev–Trinajstić information content (AvgIpc) is 4.09. The van der Waals surface area contributed by atoms with Crippen molar-refractivity contribution in [3.05, 3.63) is 155 Å². The van der Waals surface area contributed by atoms with Gasteiger partial charge in [-0.1, -0.05) is 47.5 Å². The maximum absolute atomic E-state index is 13.3. The van der Waals surface area contributed by atoms with E-state index in [1.165, 1.54) is 9.80 Å². The molecule has 0 radical (unpaired) electrons. The Morgan fingerprint density at radius 3 is 1.51 bits per heavy atom. The second kappa shape index (κ2) is 20.6. The van der Waals surface area contributed by atoms with E-state index in [0.29, 0.717) is 66.9 Å². The molecular weight excluding hydrogens is 975 g/mol. The maximum atomic E-state index is 13.3. The number of rotatable bonds is 7. The molecule has 3 N–H and O–H groups in total. The molecule has 0 unspecified atom stereocenters. The summed E-state index contributed by atoms with van der Waals surface area (Å²) in [7, 11) is 0. The fourth-order valence-electron chi connectivity index (χ4n) is 8.02. The zero-order chi connectivity index (χ0) is 45.6. The topological polar surface area (TPSA) is 174 Å². The number of amides is 6. The van der Waals surface area contributed by atoms with E-state index in [1.807, 2.05) is 36.4 Å². The number of aromatic nitrogens is 2. The Morgan fingerprint density at radius 2 is 1.09 bits per heavy atom. The van der Waals surface area contributed by atoms with Gasteiger partial charge in [0.25, 0.3) is 35.4 Å². The van der Waals surface area contributed by atoms with Crippen LogP contribution >= 0.6 is 61.8 Å². The first-order valence-electron chi connectivity index (χ1n) is 20.6. The third kappa shape index (κ3) is 10.2. The van der Waals surface area contributed by atoms with Gasteiger partial charge in [0.1, 0.15) is 10.4 Å². The highest BCUT2D eigenvalue weighted by atomic mass is 79.9. The number of carbonyl (C=O) groups is 6. The van der Waals surface area contributed by atoms with Crippen LogP contribution in [0.3, 0.4) is 0 Å². The Labute approximate surface area is 400 Å². The van der Waals surface area contributed by atoms with Crippen LogP contribution in [-0.4, -0.2) is 93.5 Å². The summed E-state index contributed by atoms with van der Waals surface area (Å²) >= 11 is 17.3. The number of imide groups is 2. The molecule has 19 heteroatoms. The Morgan fingerprint density at radius 1 is 0.600 bits per heavy atom. The van der Waals surface area contributed by atoms with Crippen molar-refractivity contribution in [2.24, 2.45) is 0 Å². The molecule has 14 nitrogen and oxygen atoms in total. The number of thiophene rings is 2. The molecule has 4 aliphatic rings. The first-order valence-corrected chi connectivity index (χ1v) is 23.7. The van der Waals surface area contributed by atoms with Crippen molar-refractivity contribution < 1.29 is 28.8 Å². The molecule has 0 saturated carbocycles. The number of nitrogens with zero attached hydrogens (tertiary/aromatic N) is 5. The van der Waals surface area contributed by atoms with Gasteiger partial charge in [-0.05, 0) is 127 Å². The molecule has 2 fully saturated rings. The number of hydrogen-bond acceptors (Lipinski definition) is 12. The lowest BCUT2D eigenvalue weighted by atomic mass is 10.0. The van der Waals surface area contributed by atoms with Crippen LogP contribution in [0.25, 0.3) is 0 Å². The second-order valence-electron chi connectivity index (χ2n) is 15.1. The minimum Gasteiger partial charge on any atom is -0.356 e. The summed E-state index contributed by atoms with van der Waals surface area (Å²) in [4.78, 5) is 91.2. The van der Waals surface area contributed by atoms with E-state index < -0.39 is 0 Å². The highest BCUT2D eigenvalue weighted by molar-refractivity contribution is 9.10. The number of carbonyl (C=O) groups excluding carboxylic acids is 6. The van der Waals surface area contributed by atoms with Gasteiger partial charge in [0.15, 0.2) is 0 Å². The molecule has 6 amide bonds. The van der Waals surface area contributed by atoms with Gasteiger partial charge in [-0.3, -0.25) is 38.6 Å². The maximum Gasteiger partial charge on any atom is 0.265 e. The van der Waals surface area contributed by atoms with E-state index in [1.54, 1.807) is 73.1 Å². The van der Waals surface area contributed by atoms with E-state index in [9.17, 15) is 28.8 Å². The summed E-state index contributed by atoms with van der Waals surface area (Å²) in [6.07, 6.45) is 6.30. The fraction of sp³-hybridized carbons (Fsp3) is 0.217. The predicted octanol–water partition coefficient (Wildman–Crippen LogP) is 9.16. The van der Waals surface area contributed by atoms with Gasteiger partial charge in [-0.2, -0.15) is 0 Å². The molecule has 8 heterocycles. The first kappa shape index (κ1) is 45.7. The van der Waals surface area contributed by atoms with Crippen LogP contribution in [0.5, 0.6) is 0 Å². The van der Waals surface area contributed by atoms with Gasteiger partial charge in [-0.15, -0.1) is 22.7 Å². The van der Waals surface area contributed by atoms with Gasteiger partial charge in [-0.25, -0.2) is 9.97 Å². The van der Waals surface area contributed by atoms with Crippen molar-refractivity contribution in [2.45, 2.75) is 37.8 Å². The van der Waals surface area contributed by atoms with Crippen LogP contribution in [0, 0.1) is 0 Å². The highest BCUT2D eigenvalue weighted by Crippen LogP contribution is 2.36. The molecule has 6 aromatic rings. The van der Waals surface area contributed by atoms with Gasteiger partial charge in [0.05, 0.1) is 52.1 Å². The number of piperidine rings is 2. The smallest absolute Gasteiger partial charge is 0.265 e. The SMILES string of the molecule is Brc1ccccn1.O=C(Nc1cccc2c1C(=O)N(C1CCN(c3ccccn3)CC1)C2=O)c1ccc(Cl)s1.O=C(Nc1cccc2c1C(=O)N(C1CCNCC1)C2=O)c1ccc(Cl)s1. The van der Waals surface area contributed by atoms with Gasteiger partial charge in [0.2, 0.25) is 0 Å². The molecule has 2 aromatic carbocycles. The zero-order valence-electron chi connectivity index (χ0n) is 34.3. The number of hydrogen-bond donors (Lipinski definition) is 3. The number of anilines is 3. The Bertz CT molecular complexity index is 2760. The van der Waals surface area contributed by atoms with Crippen molar-refractivity contribution >= 4 is 114 Å².